The third kappa shape index (κ3) is 3.73. The second-order valence-corrected chi connectivity index (χ2v) is 6.28. The van der Waals surface area contributed by atoms with Crippen LogP contribution in [-0.2, 0) is 9.59 Å². The van der Waals surface area contributed by atoms with Gasteiger partial charge in [-0.3, -0.25) is 9.79 Å². The Labute approximate surface area is 146 Å². The van der Waals surface area contributed by atoms with Crippen LogP contribution in [0, 0.1) is 5.92 Å². The van der Waals surface area contributed by atoms with Crippen molar-refractivity contribution in [1.82, 2.24) is 0 Å². The van der Waals surface area contributed by atoms with E-state index in [1.54, 1.807) is 14.2 Å². The lowest BCUT2D eigenvalue weighted by atomic mass is 9.95. The summed E-state index contributed by atoms with van der Waals surface area (Å²) in [4.78, 5) is 28.4. The summed E-state index contributed by atoms with van der Waals surface area (Å²) < 4.78 is 10.6. The molecule has 0 bridgehead atoms. The number of carbonyl (C=O) groups is 2. The first-order valence-corrected chi connectivity index (χ1v) is 8.31. The molecule has 0 spiro atoms. The fourth-order valence-electron chi connectivity index (χ4n) is 3.00. The largest absolute Gasteiger partial charge is 0.493 e. The Morgan fingerprint density at radius 3 is 2.48 bits per heavy atom. The summed E-state index contributed by atoms with van der Waals surface area (Å²) in [6, 6.07) is 5.39. The Morgan fingerprint density at radius 2 is 1.88 bits per heavy atom. The number of nitrogens with zero attached hydrogens (tertiary/aromatic N) is 1. The van der Waals surface area contributed by atoms with Crippen molar-refractivity contribution in [2.45, 2.75) is 31.7 Å². The first-order chi connectivity index (χ1) is 12.0. The minimum Gasteiger partial charge on any atom is -0.493 e. The lowest BCUT2D eigenvalue weighted by molar-refractivity contribution is -0.134. The molecule has 1 fully saturated rings. The highest BCUT2D eigenvalue weighted by atomic mass is 16.5. The molecule has 1 atom stereocenters. The van der Waals surface area contributed by atoms with Crippen LogP contribution in [0.4, 0.5) is 0 Å². The van der Waals surface area contributed by atoms with Gasteiger partial charge in [0.1, 0.15) is 5.57 Å². The van der Waals surface area contributed by atoms with E-state index in [0.717, 1.165) is 18.4 Å². The van der Waals surface area contributed by atoms with Gasteiger partial charge in [-0.1, -0.05) is 6.07 Å². The Bertz CT molecular complexity index is 761. The van der Waals surface area contributed by atoms with Gasteiger partial charge in [-0.05, 0) is 43.0 Å². The number of ketones is 1. The Kier molecular flexibility index (Phi) is 4.88. The van der Waals surface area contributed by atoms with Crippen molar-refractivity contribution in [1.29, 1.82) is 0 Å². The number of hydrogen-bond donors (Lipinski definition) is 1. The molecule has 1 saturated carbocycles. The molecule has 1 N–H and O–H groups in total. The van der Waals surface area contributed by atoms with Crippen molar-refractivity contribution < 1.29 is 24.2 Å². The zero-order valence-electron chi connectivity index (χ0n) is 14.3. The molecule has 1 heterocycles. The minimum atomic E-state index is -1.18. The molecule has 0 saturated heterocycles. The fraction of sp³-hybridized carbons (Fsp3) is 0.421. The van der Waals surface area contributed by atoms with E-state index in [2.05, 4.69) is 0 Å². The smallest absolute Gasteiger partial charge is 0.339 e. The molecule has 1 aromatic carbocycles. The highest BCUT2D eigenvalue weighted by Gasteiger charge is 2.31. The summed E-state index contributed by atoms with van der Waals surface area (Å²) in [6.07, 6.45) is 4.05. The van der Waals surface area contributed by atoms with Gasteiger partial charge in [-0.2, -0.15) is 0 Å². The van der Waals surface area contributed by atoms with Crippen molar-refractivity contribution in [3.63, 3.8) is 0 Å². The molecule has 3 rings (SSSR count). The van der Waals surface area contributed by atoms with E-state index in [9.17, 15) is 14.7 Å². The molecule has 6 heteroatoms. The first-order valence-electron chi connectivity index (χ1n) is 8.31. The van der Waals surface area contributed by atoms with Crippen LogP contribution >= 0.6 is 0 Å². The number of hydrogen-bond acceptors (Lipinski definition) is 5. The van der Waals surface area contributed by atoms with Crippen molar-refractivity contribution in [2.75, 3.05) is 14.2 Å². The second kappa shape index (κ2) is 7.09. The molecular weight excluding hydrogens is 322 g/mol. The number of benzene rings is 1. The third-order valence-corrected chi connectivity index (χ3v) is 4.56. The third-order valence-electron chi connectivity index (χ3n) is 4.56. The first kappa shape index (κ1) is 17.2. The minimum absolute atomic E-state index is 0.151. The average Bonchev–Trinajstić information content (AvgIpc) is 3.43. The quantitative estimate of drug-likeness (QED) is 0.831. The van der Waals surface area contributed by atoms with Crippen LogP contribution in [0.5, 0.6) is 11.5 Å². The number of methoxy groups -OCH3 is 2. The summed E-state index contributed by atoms with van der Waals surface area (Å²) in [7, 11) is 3.15. The maximum atomic E-state index is 12.2. The monoisotopic (exact) mass is 343 g/mol. The lowest BCUT2D eigenvalue weighted by Gasteiger charge is -2.19. The molecule has 132 valence electrons. The SMILES string of the molecule is COc1ccc(C2CCC(=O)/C(C(=O)O)=C\C(C3CC3)=N2)cc1OC. The van der Waals surface area contributed by atoms with Crippen LogP contribution in [0.25, 0.3) is 0 Å². The number of Topliss-reactive ketones (excluding diaryl/α,β-unsaturated/α-hetero) is 1. The van der Waals surface area contributed by atoms with Gasteiger partial charge in [0, 0.05) is 18.1 Å². The van der Waals surface area contributed by atoms with E-state index < -0.39 is 5.97 Å². The van der Waals surface area contributed by atoms with E-state index in [1.807, 2.05) is 18.2 Å². The van der Waals surface area contributed by atoms with E-state index in [0.29, 0.717) is 23.6 Å². The summed E-state index contributed by atoms with van der Waals surface area (Å²) in [6.45, 7) is 0. The van der Waals surface area contributed by atoms with Crippen molar-refractivity contribution in [2.24, 2.45) is 10.9 Å². The van der Waals surface area contributed by atoms with Crippen LogP contribution in [0.2, 0.25) is 0 Å². The number of aliphatic carboxylic acids is 1. The molecule has 1 unspecified atom stereocenters. The molecule has 25 heavy (non-hydrogen) atoms. The zero-order chi connectivity index (χ0) is 18.0. The molecule has 1 aliphatic carbocycles. The molecule has 1 aromatic rings. The van der Waals surface area contributed by atoms with E-state index in [-0.39, 0.29) is 29.7 Å². The van der Waals surface area contributed by atoms with Crippen molar-refractivity contribution in [3.8, 4) is 11.5 Å². The van der Waals surface area contributed by atoms with Gasteiger partial charge in [-0.15, -0.1) is 0 Å². The molecule has 0 amide bonds. The van der Waals surface area contributed by atoms with Gasteiger partial charge in [0.2, 0.25) is 0 Å². The van der Waals surface area contributed by atoms with E-state index in [4.69, 9.17) is 14.5 Å². The number of carboxylic acid groups (broad SMARTS) is 1. The summed E-state index contributed by atoms with van der Waals surface area (Å²) in [5.41, 5.74) is 1.48. The molecular formula is C19H21NO5. The van der Waals surface area contributed by atoms with Crippen LogP contribution < -0.4 is 9.47 Å². The highest BCUT2D eigenvalue weighted by molar-refractivity contribution is 6.21. The standard InChI is InChI=1S/C19H21NO5/c1-24-17-8-5-12(9-18(17)25-2)14-6-7-16(21)13(19(22)23)10-15(20-14)11-3-4-11/h5,8-11,14H,3-4,6-7H2,1-2H3,(H,22,23)/b13-10+,20-15?. The van der Waals surface area contributed by atoms with Crippen LogP contribution in [0.1, 0.15) is 37.3 Å². The summed E-state index contributed by atoms with van der Waals surface area (Å²) in [5, 5.41) is 9.28. The maximum Gasteiger partial charge on any atom is 0.339 e. The summed E-state index contributed by atoms with van der Waals surface area (Å²) in [5.74, 6) is -0.0252. The second-order valence-electron chi connectivity index (χ2n) is 6.28. The topological polar surface area (TPSA) is 85.2 Å². The summed E-state index contributed by atoms with van der Waals surface area (Å²) >= 11 is 0. The number of carboxylic acids is 1. The van der Waals surface area contributed by atoms with Gasteiger partial charge in [-0.25, -0.2) is 4.79 Å². The van der Waals surface area contributed by atoms with Gasteiger partial charge in [0.15, 0.2) is 17.3 Å². The van der Waals surface area contributed by atoms with Crippen molar-refractivity contribution >= 4 is 17.5 Å². The maximum absolute atomic E-state index is 12.2. The fourth-order valence-corrected chi connectivity index (χ4v) is 3.00. The molecule has 2 aliphatic rings. The lowest BCUT2D eigenvalue weighted by Crippen LogP contribution is -2.18. The number of aliphatic imine (C=N–C) groups is 1. The van der Waals surface area contributed by atoms with Gasteiger partial charge >= 0.3 is 5.97 Å². The molecule has 1 aliphatic heterocycles. The number of carbonyl (C=O) groups excluding carboxylic acids is 1. The molecule has 0 aromatic heterocycles. The Balaban J connectivity index is 2.00. The Morgan fingerprint density at radius 1 is 1.16 bits per heavy atom. The predicted molar refractivity (Wildman–Crippen MR) is 92.4 cm³/mol. The van der Waals surface area contributed by atoms with Crippen LogP contribution in [-0.4, -0.2) is 36.8 Å². The number of allylic oxidation sites excluding steroid dienone is 1. The molecule has 6 nitrogen and oxygen atoms in total. The molecule has 0 radical (unpaired) electrons. The van der Waals surface area contributed by atoms with Gasteiger partial charge in [0.05, 0.1) is 20.3 Å². The van der Waals surface area contributed by atoms with Crippen molar-refractivity contribution in [3.05, 3.63) is 35.4 Å². The Hall–Kier alpha value is -2.63. The van der Waals surface area contributed by atoms with Gasteiger partial charge in [0.25, 0.3) is 0 Å². The van der Waals surface area contributed by atoms with Crippen LogP contribution in [0.3, 0.4) is 0 Å². The average molecular weight is 343 g/mol. The predicted octanol–water partition coefficient (Wildman–Crippen LogP) is 2.97. The van der Waals surface area contributed by atoms with Crippen LogP contribution in [0.15, 0.2) is 34.8 Å². The number of ether oxygens (including phenoxy) is 2. The highest BCUT2D eigenvalue weighted by Crippen LogP contribution is 2.37. The zero-order valence-corrected chi connectivity index (χ0v) is 14.3. The number of rotatable bonds is 5. The van der Waals surface area contributed by atoms with E-state index in [1.165, 1.54) is 6.08 Å². The van der Waals surface area contributed by atoms with E-state index >= 15 is 0 Å². The normalized spacial score (nSPS) is 23.0. The van der Waals surface area contributed by atoms with Gasteiger partial charge < -0.3 is 14.6 Å².